The molecule has 0 aliphatic carbocycles. The number of carbonyl (C=O) groups is 1. The average molecular weight is 186 g/mol. The molecule has 0 fully saturated rings. The highest BCUT2D eigenvalue weighted by atomic mass is 16.1. The SMILES string of the molecule is CC(=O)CCCCCN(C)CCN. The van der Waals surface area contributed by atoms with Crippen LogP contribution in [0, 0.1) is 0 Å². The molecule has 0 unspecified atom stereocenters. The van der Waals surface area contributed by atoms with Crippen LogP contribution in [0.1, 0.15) is 32.6 Å². The molecule has 0 spiro atoms. The molecule has 0 saturated heterocycles. The van der Waals surface area contributed by atoms with E-state index in [1.807, 2.05) is 0 Å². The van der Waals surface area contributed by atoms with Crippen molar-refractivity contribution >= 4 is 5.78 Å². The lowest BCUT2D eigenvalue weighted by atomic mass is 10.1. The summed E-state index contributed by atoms with van der Waals surface area (Å²) >= 11 is 0. The molecule has 0 heterocycles. The number of ketones is 1. The van der Waals surface area contributed by atoms with E-state index in [1.54, 1.807) is 6.92 Å². The van der Waals surface area contributed by atoms with Crippen molar-refractivity contribution in [2.75, 3.05) is 26.7 Å². The van der Waals surface area contributed by atoms with Crippen molar-refractivity contribution < 1.29 is 4.79 Å². The number of unbranched alkanes of at least 4 members (excludes halogenated alkanes) is 2. The van der Waals surface area contributed by atoms with Crippen molar-refractivity contribution in [1.29, 1.82) is 0 Å². The second-order valence-corrected chi connectivity index (χ2v) is 3.60. The molecule has 13 heavy (non-hydrogen) atoms. The summed E-state index contributed by atoms with van der Waals surface area (Å²) in [5.74, 6) is 0.301. The van der Waals surface area contributed by atoms with Gasteiger partial charge >= 0.3 is 0 Å². The summed E-state index contributed by atoms with van der Waals surface area (Å²) in [7, 11) is 2.08. The van der Waals surface area contributed by atoms with Gasteiger partial charge < -0.3 is 15.4 Å². The molecule has 0 radical (unpaired) electrons. The van der Waals surface area contributed by atoms with Gasteiger partial charge in [-0.3, -0.25) is 0 Å². The molecule has 2 N–H and O–H groups in total. The molecule has 0 aliphatic rings. The average Bonchev–Trinajstić information content (AvgIpc) is 2.03. The van der Waals surface area contributed by atoms with E-state index in [4.69, 9.17) is 5.73 Å². The van der Waals surface area contributed by atoms with Crippen LogP contribution in [0.4, 0.5) is 0 Å². The van der Waals surface area contributed by atoms with Crippen LogP contribution in [-0.4, -0.2) is 37.4 Å². The van der Waals surface area contributed by atoms with Gasteiger partial charge in [-0.2, -0.15) is 0 Å². The Morgan fingerprint density at radius 3 is 2.46 bits per heavy atom. The van der Waals surface area contributed by atoms with Crippen LogP contribution in [0.15, 0.2) is 0 Å². The van der Waals surface area contributed by atoms with Crippen LogP contribution in [0.5, 0.6) is 0 Å². The molecule has 0 atom stereocenters. The fraction of sp³-hybridized carbons (Fsp3) is 0.900. The molecule has 0 aromatic heterocycles. The summed E-state index contributed by atoms with van der Waals surface area (Å²) in [5.41, 5.74) is 5.41. The van der Waals surface area contributed by atoms with Crippen LogP contribution < -0.4 is 5.73 Å². The third-order valence-corrected chi connectivity index (χ3v) is 2.08. The predicted molar refractivity (Wildman–Crippen MR) is 55.7 cm³/mol. The Morgan fingerprint density at radius 2 is 1.92 bits per heavy atom. The first-order valence-corrected chi connectivity index (χ1v) is 5.05. The van der Waals surface area contributed by atoms with E-state index in [1.165, 1.54) is 6.42 Å². The van der Waals surface area contributed by atoms with Crippen LogP contribution >= 0.6 is 0 Å². The second kappa shape index (κ2) is 8.20. The molecular weight excluding hydrogens is 164 g/mol. The smallest absolute Gasteiger partial charge is 0.129 e. The van der Waals surface area contributed by atoms with E-state index < -0.39 is 0 Å². The molecular formula is C10H22N2O. The van der Waals surface area contributed by atoms with Crippen molar-refractivity contribution in [2.24, 2.45) is 5.73 Å². The van der Waals surface area contributed by atoms with Gasteiger partial charge in [-0.05, 0) is 33.4 Å². The number of likely N-dealkylation sites (N-methyl/N-ethyl adjacent to an activating group) is 1. The molecule has 0 bridgehead atoms. The van der Waals surface area contributed by atoms with Crippen LogP contribution in [0.25, 0.3) is 0 Å². The maximum atomic E-state index is 10.6. The second-order valence-electron chi connectivity index (χ2n) is 3.60. The highest BCUT2D eigenvalue weighted by Gasteiger charge is 1.97. The van der Waals surface area contributed by atoms with Crippen molar-refractivity contribution in [3.8, 4) is 0 Å². The number of nitrogens with two attached hydrogens (primary N) is 1. The summed E-state index contributed by atoms with van der Waals surface area (Å²) in [6.07, 6.45) is 4.09. The Morgan fingerprint density at radius 1 is 1.23 bits per heavy atom. The Balaban J connectivity index is 3.11. The lowest BCUT2D eigenvalue weighted by Crippen LogP contribution is -2.26. The lowest BCUT2D eigenvalue weighted by molar-refractivity contribution is -0.117. The third-order valence-electron chi connectivity index (χ3n) is 2.08. The minimum absolute atomic E-state index is 0.301. The van der Waals surface area contributed by atoms with Gasteiger partial charge in [0, 0.05) is 19.5 Å². The standard InChI is InChI=1S/C10H22N2O/c1-10(13)6-4-3-5-8-12(2)9-7-11/h3-9,11H2,1-2H3. The largest absolute Gasteiger partial charge is 0.329 e. The van der Waals surface area contributed by atoms with Gasteiger partial charge in [-0.15, -0.1) is 0 Å². The van der Waals surface area contributed by atoms with Crippen LogP contribution in [0.2, 0.25) is 0 Å². The van der Waals surface area contributed by atoms with E-state index in [-0.39, 0.29) is 0 Å². The number of hydrogen-bond acceptors (Lipinski definition) is 3. The van der Waals surface area contributed by atoms with Crippen molar-refractivity contribution in [3.63, 3.8) is 0 Å². The molecule has 0 saturated carbocycles. The molecule has 0 aliphatic heterocycles. The fourth-order valence-electron chi connectivity index (χ4n) is 1.26. The van der Waals surface area contributed by atoms with Gasteiger partial charge in [-0.1, -0.05) is 6.42 Å². The van der Waals surface area contributed by atoms with Crippen molar-refractivity contribution in [1.82, 2.24) is 4.90 Å². The molecule has 0 aromatic carbocycles. The summed E-state index contributed by atoms with van der Waals surface area (Å²) in [4.78, 5) is 12.8. The lowest BCUT2D eigenvalue weighted by Gasteiger charge is -2.14. The maximum Gasteiger partial charge on any atom is 0.129 e. The molecule has 0 aromatic rings. The number of nitrogens with zero attached hydrogens (tertiary/aromatic N) is 1. The normalized spacial score (nSPS) is 10.8. The summed E-state index contributed by atoms with van der Waals surface area (Å²) in [6.45, 7) is 4.44. The van der Waals surface area contributed by atoms with Gasteiger partial charge in [0.2, 0.25) is 0 Å². The minimum atomic E-state index is 0.301. The Hall–Kier alpha value is -0.410. The Bertz CT molecular complexity index is 137. The highest BCUT2D eigenvalue weighted by molar-refractivity contribution is 5.75. The van der Waals surface area contributed by atoms with E-state index >= 15 is 0 Å². The first kappa shape index (κ1) is 12.6. The third kappa shape index (κ3) is 9.50. The zero-order valence-electron chi connectivity index (χ0n) is 8.88. The molecule has 78 valence electrons. The maximum absolute atomic E-state index is 10.6. The van der Waals surface area contributed by atoms with E-state index in [9.17, 15) is 4.79 Å². The molecule has 3 heteroatoms. The fourth-order valence-corrected chi connectivity index (χ4v) is 1.26. The first-order valence-electron chi connectivity index (χ1n) is 5.05. The molecule has 0 rings (SSSR count). The van der Waals surface area contributed by atoms with Gasteiger partial charge in [0.15, 0.2) is 0 Å². The van der Waals surface area contributed by atoms with Gasteiger partial charge in [-0.25, -0.2) is 0 Å². The molecule has 3 nitrogen and oxygen atoms in total. The van der Waals surface area contributed by atoms with Crippen molar-refractivity contribution in [3.05, 3.63) is 0 Å². The zero-order valence-corrected chi connectivity index (χ0v) is 8.88. The number of carbonyl (C=O) groups excluding carboxylic acids is 1. The highest BCUT2D eigenvalue weighted by Crippen LogP contribution is 2.01. The summed E-state index contributed by atoms with van der Waals surface area (Å²) < 4.78 is 0. The Kier molecular flexibility index (Phi) is 7.94. The summed E-state index contributed by atoms with van der Waals surface area (Å²) in [5, 5.41) is 0. The first-order chi connectivity index (χ1) is 6.16. The topological polar surface area (TPSA) is 46.3 Å². The van der Waals surface area contributed by atoms with E-state index in [2.05, 4.69) is 11.9 Å². The Labute approximate surface area is 81.3 Å². The number of Topliss-reactive ketones (excluding diaryl/α,β-unsaturated/α-hetero) is 1. The zero-order chi connectivity index (χ0) is 10.1. The van der Waals surface area contributed by atoms with Crippen LogP contribution in [0.3, 0.4) is 0 Å². The van der Waals surface area contributed by atoms with Crippen molar-refractivity contribution in [2.45, 2.75) is 32.6 Å². The number of rotatable bonds is 8. The van der Waals surface area contributed by atoms with E-state index in [0.717, 1.165) is 38.9 Å². The van der Waals surface area contributed by atoms with Crippen LogP contribution in [-0.2, 0) is 4.79 Å². The monoisotopic (exact) mass is 186 g/mol. The quantitative estimate of drug-likeness (QED) is 0.576. The predicted octanol–water partition coefficient (Wildman–Crippen LogP) is 1.03. The van der Waals surface area contributed by atoms with Gasteiger partial charge in [0.05, 0.1) is 0 Å². The van der Waals surface area contributed by atoms with E-state index in [0.29, 0.717) is 5.78 Å². The minimum Gasteiger partial charge on any atom is -0.329 e. The molecule has 0 amide bonds. The summed E-state index contributed by atoms with van der Waals surface area (Å²) in [6, 6.07) is 0. The number of hydrogen-bond donors (Lipinski definition) is 1. The van der Waals surface area contributed by atoms with Gasteiger partial charge in [0.25, 0.3) is 0 Å². The van der Waals surface area contributed by atoms with Gasteiger partial charge in [0.1, 0.15) is 5.78 Å².